The Hall–Kier alpha value is -0.170. The number of ether oxygens (including phenoxy) is 1. The summed E-state index contributed by atoms with van der Waals surface area (Å²) in [6.07, 6.45) is 0.112. The second-order valence-corrected chi connectivity index (χ2v) is 5.32. The highest BCUT2D eigenvalue weighted by Gasteiger charge is 2.24. The molecule has 15 heavy (non-hydrogen) atoms. The van der Waals surface area contributed by atoms with E-state index in [1.807, 2.05) is 12.3 Å². The van der Waals surface area contributed by atoms with Gasteiger partial charge in [-0.1, -0.05) is 0 Å². The summed E-state index contributed by atoms with van der Waals surface area (Å²) in [5, 5.41) is 3.03. The van der Waals surface area contributed by atoms with E-state index in [-0.39, 0.29) is 12.1 Å². The number of morpholine rings is 1. The molecule has 1 aromatic heterocycles. The van der Waals surface area contributed by atoms with Gasteiger partial charge in [0.15, 0.2) is 5.13 Å². The van der Waals surface area contributed by atoms with Crippen LogP contribution in [0.5, 0.6) is 0 Å². The molecule has 6 heteroatoms. The van der Waals surface area contributed by atoms with Crippen molar-refractivity contribution in [2.24, 2.45) is 5.73 Å². The molecule has 1 fully saturated rings. The average molecular weight is 292 g/mol. The van der Waals surface area contributed by atoms with Crippen LogP contribution in [0, 0.1) is 0 Å². The Balaban J connectivity index is 2.04. The smallest absolute Gasteiger partial charge is 0.186 e. The van der Waals surface area contributed by atoms with E-state index in [9.17, 15) is 0 Å². The number of aromatic nitrogens is 1. The first kappa shape index (κ1) is 11.3. The summed E-state index contributed by atoms with van der Waals surface area (Å²) in [6.45, 7) is 4.43. The molecule has 2 rings (SSSR count). The van der Waals surface area contributed by atoms with Crippen molar-refractivity contribution in [3.63, 3.8) is 0 Å². The van der Waals surface area contributed by atoms with Gasteiger partial charge in [-0.25, -0.2) is 4.98 Å². The highest BCUT2D eigenvalue weighted by molar-refractivity contribution is 9.10. The molecule has 0 amide bonds. The van der Waals surface area contributed by atoms with E-state index in [0.717, 1.165) is 29.4 Å². The van der Waals surface area contributed by atoms with Crippen LogP contribution in [-0.4, -0.2) is 36.8 Å². The van der Waals surface area contributed by atoms with Crippen LogP contribution >= 0.6 is 27.3 Å². The van der Waals surface area contributed by atoms with Gasteiger partial charge in [-0.05, 0) is 22.9 Å². The van der Waals surface area contributed by atoms with Crippen LogP contribution in [0.3, 0.4) is 0 Å². The first-order valence-electron chi connectivity index (χ1n) is 4.90. The lowest BCUT2D eigenvalue weighted by molar-refractivity contribution is 0.0276. The van der Waals surface area contributed by atoms with Gasteiger partial charge in [0.1, 0.15) is 4.60 Å². The minimum absolute atomic E-state index is 0.0659. The first-order valence-corrected chi connectivity index (χ1v) is 6.57. The Morgan fingerprint density at radius 3 is 3.20 bits per heavy atom. The molecule has 0 aromatic carbocycles. The van der Waals surface area contributed by atoms with E-state index in [1.54, 1.807) is 11.3 Å². The summed E-state index contributed by atoms with van der Waals surface area (Å²) in [4.78, 5) is 6.62. The van der Waals surface area contributed by atoms with Gasteiger partial charge in [-0.15, -0.1) is 11.3 Å². The Kier molecular flexibility index (Phi) is 3.60. The van der Waals surface area contributed by atoms with E-state index in [2.05, 4.69) is 25.8 Å². The predicted molar refractivity (Wildman–Crippen MR) is 65.4 cm³/mol. The van der Waals surface area contributed by atoms with Gasteiger partial charge in [0.2, 0.25) is 0 Å². The number of hydrogen-bond acceptors (Lipinski definition) is 5. The highest BCUT2D eigenvalue weighted by Crippen LogP contribution is 2.25. The fraction of sp³-hybridized carbons (Fsp3) is 0.667. The summed E-state index contributed by atoms with van der Waals surface area (Å²) in [5.41, 5.74) is 5.83. The maximum atomic E-state index is 5.83. The van der Waals surface area contributed by atoms with Gasteiger partial charge in [0, 0.05) is 24.5 Å². The van der Waals surface area contributed by atoms with Crippen molar-refractivity contribution in [1.29, 1.82) is 0 Å². The first-order chi connectivity index (χ1) is 7.16. The maximum Gasteiger partial charge on any atom is 0.186 e. The number of nitrogens with two attached hydrogens (primary N) is 1. The summed E-state index contributed by atoms with van der Waals surface area (Å²) < 4.78 is 6.49. The third-order valence-electron chi connectivity index (χ3n) is 2.41. The van der Waals surface area contributed by atoms with E-state index in [0.29, 0.717) is 0 Å². The standard InChI is InChI=1S/C9H14BrN3OS/c1-6(11)7-4-13(2-3-14-7)9-12-8(10)5-15-9/h5-7H,2-4,11H2,1H3. The normalized spacial score (nSPS) is 24.2. The van der Waals surface area contributed by atoms with Crippen molar-refractivity contribution in [2.45, 2.75) is 19.1 Å². The molecule has 2 heterocycles. The Bertz CT molecular complexity index is 331. The van der Waals surface area contributed by atoms with E-state index < -0.39 is 0 Å². The van der Waals surface area contributed by atoms with Crippen molar-refractivity contribution in [3.05, 3.63) is 9.98 Å². The summed E-state index contributed by atoms with van der Waals surface area (Å²) in [5.74, 6) is 0. The third-order valence-corrected chi connectivity index (χ3v) is 4.03. The molecular weight excluding hydrogens is 278 g/mol. The fourth-order valence-corrected chi connectivity index (χ4v) is 2.84. The van der Waals surface area contributed by atoms with Crippen molar-refractivity contribution < 1.29 is 4.74 Å². The molecule has 1 saturated heterocycles. The molecule has 0 radical (unpaired) electrons. The number of thiazole rings is 1. The zero-order chi connectivity index (χ0) is 10.8. The van der Waals surface area contributed by atoms with E-state index in [1.165, 1.54) is 0 Å². The van der Waals surface area contributed by atoms with E-state index in [4.69, 9.17) is 10.5 Å². The molecule has 0 aliphatic carbocycles. The summed E-state index contributed by atoms with van der Waals surface area (Å²) in [7, 11) is 0. The molecule has 2 atom stereocenters. The van der Waals surface area contributed by atoms with Crippen LogP contribution < -0.4 is 10.6 Å². The fourth-order valence-electron chi connectivity index (χ4n) is 1.56. The van der Waals surface area contributed by atoms with Crippen molar-refractivity contribution in [1.82, 2.24) is 4.98 Å². The number of nitrogens with zero attached hydrogens (tertiary/aromatic N) is 2. The Morgan fingerprint density at radius 2 is 2.60 bits per heavy atom. The number of anilines is 1. The SMILES string of the molecule is CC(N)C1CN(c2nc(Br)cs2)CCO1. The van der Waals surface area contributed by atoms with Crippen molar-refractivity contribution in [2.75, 3.05) is 24.6 Å². The number of halogens is 1. The second-order valence-electron chi connectivity index (χ2n) is 3.67. The minimum Gasteiger partial charge on any atom is -0.373 e. The van der Waals surface area contributed by atoms with Crippen LogP contribution in [-0.2, 0) is 4.74 Å². The molecule has 0 spiro atoms. The van der Waals surface area contributed by atoms with Gasteiger partial charge in [-0.3, -0.25) is 0 Å². The zero-order valence-corrected chi connectivity index (χ0v) is 10.9. The lowest BCUT2D eigenvalue weighted by Crippen LogP contribution is -2.49. The molecule has 0 bridgehead atoms. The van der Waals surface area contributed by atoms with Crippen molar-refractivity contribution in [3.8, 4) is 0 Å². The monoisotopic (exact) mass is 291 g/mol. The zero-order valence-electron chi connectivity index (χ0n) is 8.52. The van der Waals surface area contributed by atoms with Gasteiger partial charge in [0.25, 0.3) is 0 Å². The van der Waals surface area contributed by atoms with Crippen LogP contribution in [0.15, 0.2) is 9.98 Å². The van der Waals surface area contributed by atoms with Gasteiger partial charge in [0.05, 0.1) is 12.7 Å². The van der Waals surface area contributed by atoms with E-state index >= 15 is 0 Å². The Morgan fingerprint density at radius 1 is 1.80 bits per heavy atom. The third kappa shape index (κ3) is 2.69. The van der Waals surface area contributed by atoms with Gasteiger partial charge < -0.3 is 15.4 Å². The van der Waals surface area contributed by atoms with Crippen LogP contribution in [0.4, 0.5) is 5.13 Å². The van der Waals surface area contributed by atoms with Crippen LogP contribution in [0.25, 0.3) is 0 Å². The Labute approximate surface area is 102 Å². The van der Waals surface area contributed by atoms with Crippen LogP contribution in [0.2, 0.25) is 0 Å². The second kappa shape index (κ2) is 4.78. The molecule has 1 aliphatic heterocycles. The number of hydrogen-bond donors (Lipinski definition) is 1. The molecule has 0 saturated carbocycles. The quantitative estimate of drug-likeness (QED) is 0.896. The number of rotatable bonds is 2. The molecule has 4 nitrogen and oxygen atoms in total. The lowest BCUT2D eigenvalue weighted by Gasteiger charge is -2.34. The van der Waals surface area contributed by atoms with Gasteiger partial charge in [-0.2, -0.15) is 0 Å². The average Bonchev–Trinajstić information content (AvgIpc) is 2.65. The molecule has 2 N–H and O–H groups in total. The molecule has 1 aliphatic rings. The van der Waals surface area contributed by atoms with Gasteiger partial charge >= 0.3 is 0 Å². The maximum absolute atomic E-state index is 5.83. The molecule has 84 valence electrons. The lowest BCUT2D eigenvalue weighted by atomic mass is 10.1. The minimum atomic E-state index is 0.0659. The largest absolute Gasteiger partial charge is 0.373 e. The predicted octanol–water partition coefficient (Wildman–Crippen LogP) is 1.46. The van der Waals surface area contributed by atoms with Crippen molar-refractivity contribution >= 4 is 32.4 Å². The molecule has 1 aromatic rings. The summed E-state index contributed by atoms with van der Waals surface area (Å²) in [6, 6.07) is 0.0659. The highest BCUT2D eigenvalue weighted by atomic mass is 79.9. The van der Waals surface area contributed by atoms with Crippen LogP contribution in [0.1, 0.15) is 6.92 Å². The topological polar surface area (TPSA) is 51.4 Å². The molecule has 2 unspecified atom stereocenters. The summed E-state index contributed by atoms with van der Waals surface area (Å²) >= 11 is 5.00. The molecular formula is C9H14BrN3OS.